The molecule has 1 aliphatic heterocycles. The largest absolute Gasteiger partial charge is 0.366 e. The van der Waals surface area contributed by atoms with Crippen molar-refractivity contribution in [2.24, 2.45) is 5.41 Å². The minimum absolute atomic E-state index is 0.176. The summed E-state index contributed by atoms with van der Waals surface area (Å²) < 4.78 is 0. The molecule has 1 aliphatic rings. The Morgan fingerprint density at radius 2 is 1.71 bits per heavy atom. The van der Waals surface area contributed by atoms with Gasteiger partial charge in [-0.05, 0) is 80.8 Å². The van der Waals surface area contributed by atoms with Crippen LogP contribution in [0.25, 0.3) is 10.9 Å². The van der Waals surface area contributed by atoms with Crippen LogP contribution >= 0.6 is 0 Å². The highest BCUT2D eigenvalue weighted by atomic mass is 16.2. The number of fused-ring (bicyclic) bond motifs is 2. The van der Waals surface area contributed by atoms with Crippen molar-refractivity contribution in [1.82, 2.24) is 9.97 Å². The van der Waals surface area contributed by atoms with Gasteiger partial charge in [-0.15, -0.1) is 0 Å². The average molecular weight is 508 g/mol. The van der Waals surface area contributed by atoms with Gasteiger partial charge in [0.1, 0.15) is 5.41 Å². The molecule has 4 aromatic rings. The van der Waals surface area contributed by atoms with Crippen molar-refractivity contribution in [2.75, 3.05) is 34.8 Å². The number of carbonyl (C=O) groups excluding carboxylic acids is 2. The number of anilines is 3. The van der Waals surface area contributed by atoms with E-state index in [0.29, 0.717) is 13.1 Å². The van der Waals surface area contributed by atoms with Crippen LogP contribution in [0.4, 0.5) is 17.1 Å². The van der Waals surface area contributed by atoms with E-state index in [-0.39, 0.29) is 11.8 Å². The molecule has 0 bridgehead atoms. The summed E-state index contributed by atoms with van der Waals surface area (Å²) in [6.07, 6.45) is 6.34. The first kappa shape index (κ1) is 25.4. The van der Waals surface area contributed by atoms with Crippen molar-refractivity contribution in [3.63, 3.8) is 0 Å². The quantitative estimate of drug-likeness (QED) is 0.320. The van der Waals surface area contributed by atoms with Crippen LogP contribution in [-0.4, -0.2) is 41.9 Å². The molecule has 7 heteroatoms. The lowest BCUT2D eigenvalue weighted by atomic mass is 9.90. The zero-order chi connectivity index (χ0) is 26.9. The lowest BCUT2D eigenvalue weighted by Gasteiger charge is -2.28. The lowest BCUT2D eigenvalue weighted by Crippen LogP contribution is -2.47. The first-order valence-electron chi connectivity index (χ1n) is 13.0. The van der Waals surface area contributed by atoms with E-state index in [9.17, 15) is 9.59 Å². The number of rotatable bonds is 7. The minimum Gasteiger partial charge on any atom is -0.366 e. The van der Waals surface area contributed by atoms with E-state index in [1.165, 1.54) is 5.56 Å². The Hall–Kier alpha value is -4.26. The SMILES string of the molecule is CCN1C(=O)C(C)(C)C(=O)N(C)c2cc(CN(CCc3cccnc3)c3cccc4ncccc34)ccc21. The van der Waals surface area contributed by atoms with Gasteiger partial charge in [0.25, 0.3) is 0 Å². The standard InChI is InChI=1S/C31H33N5O2/c1-5-36-27-14-13-23(19-28(27)34(4)29(37)31(2,3)30(36)38)21-35(18-15-22-9-7-16-32-20-22)26-12-6-11-25-24(26)10-8-17-33-25/h6-14,16-17,19-20H,5,15,18,21H2,1-4H3. The van der Waals surface area contributed by atoms with E-state index >= 15 is 0 Å². The van der Waals surface area contributed by atoms with Crippen LogP contribution < -0.4 is 14.7 Å². The Morgan fingerprint density at radius 1 is 0.895 bits per heavy atom. The van der Waals surface area contributed by atoms with E-state index in [0.717, 1.165) is 46.5 Å². The molecule has 38 heavy (non-hydrogen) atoms. The molecule has 3 heterocycles. The minimum atomic E-state index is -1.13. The van der Waals surface area contributed by atoms with Gasteiger partial charge in [-0.3, -0.25) is 19.6 Å². The summed E-state index contributed by atoms with van der Waals surface area (Å²) in [6.45, 7) is 7.26. The molecule has 0 radical (unpaired) electrons. The normalized spacial score (nSPS) is 14.9. The van der Waals surface area contributed by atoms with Gasteiger partial charge in [0.2, 0.25) is 11.8 Å². The molecule has 0 N–H and O–H groups in total. The molecule has 2 amide bonds. The molecule has 0 saturated carbocycles. The molecule has 5 rings (SSSR count). The zero-order valence-corrected chi connectivity index (χ0v) is 22.4. The average Bonchev–Trinajstić information content (AvgIpc) is 2.99. The van der Waals surface area contributed by atoms with Crippen molar-refractivity contribution < 1.29 is 9.59 Å². The number of aromatic nitrogens is 2. The van der Waals surface area contributed by atoms with Crippen molar-refractivity contribution in [3.05, 3.63) is 90.4 Å². The van der Waals surface area contributed by atoms with Crippen LogP contribution in [0.2, 0.25) is 0 Å². The molecule has 0 aliphatic carbocycles. The summed E-state index contributed by atoms with van der Waals surface area (Å²) >= 11 is 0. The van der Waals surface area contributed by atoms with Crippen molar-refractivity contribution in [3.8, 4) is 0 Å². The summed E-state index contributed by atoms with van der Waals surface area (Å²) in [4.78, 5) is 41.1. The van der Waals surface area contributed by atoms with Crippen LogP contribution in [0.1, 0.15) is 31.9 Å². The third kappa shape index (κ3) is 4.60. The predicted molar refractivity (Wildman–Crippen MR) is 152 cm³/mol. The van der Waals surface area contributed by atoms with Gasteiger partial charge in [0, 0.05) is 56.3 Å². The van der Waals surface area contributed by atoms with Crippen LogP contribution in [0, 0.1) is 5.41 Å². The Kier molecular flexibility index (Phi) is 6.85. The second-order valence-electron chi connectivity index (χ2n) is 10.2. The molecule has 0 atom stereocenters. The highest BCUT2D eigenvalue weighted by Crippen LogP contribution is 2.39. The molecule has 7 nitrogen and oxygen atoms in total. The summed E-state index contributed by atoms with van der Waals surface area (Å²) in [7, 11) is 1.76. The van der Waals surface area contributed by atoms with Gasteiger partial charge in [-0.25, -0.2) is 0 Å². The van der Waals surface area contributed by atoms with Crippen molar-refractivity contribution in [1.29, 1.82) is 0 Å². The van der Waals surface area contributed by atoms with Crippen molar-refractivity contribution in [2.45, 2.75) is 33.7 Å². The molecule has 194 valence electrons. The maximum absolute atomic E-state index is 13.3. The Labute approximate surface area is 223 Å². The zero-order valence-electron chi connectivity index (χ0n) is 22.4. The van der Waals surface area contributed by atoms with E-state index in [1.54, 1.807) is 36.9 Å². The molecule has 0 unspecified atom stereocenters. The molecule has 2 aromatic heterocycles. The van der Waals surface area contributed by atoms with Gasteiger partial charge in [-0.2, -0.15) is 0 Å². The number of amides is 2. The second kappa shape index (κ2) is 10.2. The number of nitrogens with zero attached hydrogens (tertiary/aromatic N) is 5. The van der Waals surface area contributed by atoms with E-state index in [4.69, 9.17) is 0 Å². The Balaban J connectivity index is 1.54. The van der Waals surface area contributed by atoms with E-state index < -0.39 is 5.41 Å². The van der Waals surface area contributed by atoms with Crippen LogP contribution in [-0.2, 0) is 22.6 Å². The highest BCUT2D eigenvalue weighted by Gasteiger charge is 2.45. The maximum Gasteiger partial charge on any atom is 0.242 e. The topological polar surface area (TPSA) is 69.6 Å². The van der Waals surface area contributed by atoms with E-state index in [2.05, 4.69) is 39.1 Å². The molecule has 0 saturated heterocycles. The van der Waals surface area contributed by atoms with Crippen LogP contribution in [0.3, 0.4) is 0 Å². The Morgan fingerprint density at radius 3 is 2.47 bits per heavy atom. The molecular formula is C31H33N5O2. The summed E-state index contributed by atoms with van der Waals surface area (Å²) in [5, 5.41) is 1.09. The molecular weight excluding hydrogens is 474 g/mol. The number of carbonyl (C=O) groups is 2. The first-order valence-corrected chi connectivity index (χ1v) is 13.0. The first-order chi connectivity index (χ1) is 18.3. The third-order valence-corrected chi connectivity index (χ3v) is 7.36. The summed E-state index contributed by atoms with van der Waals surface area (Å²) in [5.74, 6) is -0.380. The fraction of sp³-hybridized carbons (Fsp3) is 0.290. The second-order valence-corrected chi connectivity index (χ2v) is 10.2. The number of hydrogen-bond donors (Lipinski definition) is 0. The van der Waals surface area contributed by atoms with Crippen LogP contribution in [0.15, 0.2) is 79.3 Å². The van der Waals surface area contributed by atoms with Gasteiger partial charge in [0.15, 0.2) is 0 Å². The smallest absolute Gasteiger partial charge is 0.242 e. The van der Waals surface area contributed by atoms with Crippen LogP contribution in [0.5, 0.6) is 0 Å². The van der Waals surface area contributed by atoms with E-state index in [1.807, 2.05) is 55.7 Å². The Bertz CT molecular complexity index is 1480. The monoisotopic (exact) mass is 507 g/mol. The molecule has 0 spiro atoms. The number of hydrogen-bond acceptors (Lipinski definition) is 5. The molecule has 0 fully saturated rings. The maximum atomic E-state index is 13.3. The van der Waals surface area contributed by atoms with Gasteiger partial charge in [0.05, 0.1) is 16.9 Å². The lowest BCUT2D eigenvalue weighted by molar-refractivity contribution is -0.137. The van der Waals surface area contributed by atoms with Gasteiger partial charge in [-0.1, -0.05) is 18.2 Å². The predicted octanol–water partition coefficient (Wildman–Crippen LogP) is 5.23. The molecule has 2 aromatic carbocycles. The van der Waals surface area contributed by atoms with Gasteiger partial charge < -0.3 is 14.7 Å². The fourth-order valence-corrected chi connectivity index (χ4v) is 5.22. The number of benzene rings is 2. The highest BCUT2D eigenvalue weighted by molar-refractivity contribution is 6.19. The summed E-state index contributed by atoms with van der Waals surface area (Å²) in [5.41, 5.74) is 4.66. The van der Waals surface area contributed by atoms with Crippen molar-refractivity contribution >= 4 is 39.8 Å². The summed E-state index contributed by atoms with van der Waals surface area (Å²) in [6, 6.07) is 20.4. The fourth-order valence-electron chi connectivity index (χ4n) is 5.22. The number of pyridine rings is 2. The van der Waals surface area contributed by atoms with Gasteiger partial charge >= 0.3 is 0 Å². The third-order valence-electron chi connectivity index (χ3n) is 7.36.